The van der Waals surface area contributed by atoms with E-state index in [1.165, 1.54) is 12.8 Å². The highest BCUT2D eigenvalue weighted by Crippen LogP contribution is 2.22. The molecule has 2 heterocycles. The van der Waals surface area contributed by atoms with Crippen LogP contribution in [0.5, 0.6) is 0 Å². The number of nitrogens with one attached hydrogen (secondary N) is 1. The van der Waals surface area contributed by atoms with Gasteiger partial charge in [-0.2, -0.15) is 0 Å². The van der Waals surface area contributed by atoms with E-state index < -0.39 is 0 Å². The Bertz CT molecular complexity index is 531. The molecule has 1 atom stereocenters. The summed E-state index contributed by atoms with van der Waals surface area (Å²) >= 11 is 5.98. The van der Waals surface area contributed by atoms with Crippen molar-refractivity contribution in [2.45, 2.75) is 25.3 Å². The van der Waals surface area contributed by atoms with Gasteiger partial charge in [-0.25, -0.2) is 4.68 Å². The van der Waals surface area contributed by atoms with E-state index in [2.05, 4.69) is 15.6 Å². The van der Waals surface area contributed by atoms with Crippen LogP contribution in [0, 0.1) is 0 Å². The van der Waals surface area contributed by atoms with E-state index in [-0.39, 0.29) is 0 Å². The minimum atomic E-state index is 0.340. The number of halogens is 1. The van der Waals surface area contributed by atoms with E-state index in [1.54, 1.807) is 4.68 Å². The van der Waals surface area contributed by atoms with Gasteiger partial charge in [0, 0.05) is 5.02 Å². The van der Waals surface area contributed by atoms with Crippen LogP contribution in [0.2, 0.25) is 5.02 Å². The van der Waals surface area contributed by atoms with Gasteiger partial charge in [0.2, 0.25) is 0 Å². The second-order valence-corrected chi connectivity index (χ2v) is 5.01. The number of benzene rings is 1. The Morgan fingerprint density at radius 2 is 2.28 bits per heavy atom. The van der Waals surface area contributed by atoms with Crippen molar-refractivity contribution in [1.82, 2.24) is 20.3 Å². The molecule has 94 valence electrons. The third-order valence-corrected chi connectivity index (χ3v) is 3.49. The van der Waals surface area contributed by atoms with E-state index in [0.717, 1.165) is 24.3 Å². The lowest BCUT2D eigenvalue weighted by Crippen LogP contribution is -2.27. The number of hydrogen-bond acceptors (Lipinski definition) is 3. The van der Waals surface area contributed by atoms with E-state index in [4.69, 9.17) is 11.6 Å². The first-order valence-electron chi connectivity index (χ1n) is 6.24. The van der Waals surface area contributed by atoms with Crippen LogP contribution in [0.1, 0.15) is 31.0 Å². The molecule has 0 saturated carbocycles. The quantitative estimate of drug-likeness (QED) is 0.905. The van der Waals surface area contributed by atoms with Crippen molar-refractivity contribution in [3.05, 3.63) is 41.2 Å². The fourth-order valence-electron chi connectivity index (χ4n) is 2.29. The lowest BCUT2D eigenvalue weighted by molar-refractivity contribution is 0.405. The lowest BCUT2D eigenvalue weighted by Gasteiger charge is -2.20. The molecule has 2 aromatic rings. The van der Waals surface area contributed by atoms with Gasteiger partial charge < -0.3 is 5.32 Å². The maximum Gasteiger partial charge on any atom is 0.100 e. The number of hydrogen-bond donors (Lipinski definition) is 1. The predicted molar refractivity (Wildman–Crippen MR) is 71.0 cm³/mol. The molecule has 5 heteroatoms. The van der Waals surface area contributed by atoms with Crippen molar-refractivity contribution in [2.75, 3.05) is 6.54 Å². The van der Waals surface area contributed by atoms with Gasteiger partial charge in [0.15, 0.2) is 0 Å². The molecule has 0 bridgehead atoms. The van der Waals surface area contributed by atoms with Gasteiger partial charge in [-0.3, -0.25) is 0 Å². The zero-order chi connectivity index (χ0) is 12.4. The molecule has 18 heavy (non-hydrogen) atoms. The number of rotatable bonds is 2. The molecule has 1 aromatic carbocycles. The number of piperidine rings is 1. The van der Waals surface area contributed by atoms with Gasteiger partial charge in [-0.1, -0.05) is 29.3 Å². The minimum Gasteiger partial charge on any atom is -0.309 e. The lowest BCUT2D eigenvalue weighted by atomic mass is 10.0. The second kappa shape index (κ2) is 5.08. The van der Waals surface area contributed by atoms with Crippen molar-refractivity contribution in [3.8, 4) is 5.69 Å². The molecule has 0 radical (unpaired) electrons. The van der Waals surface area contributed by atoms with Crippen LogP contribution in [-0.2, 0) is 0 Å². The van der Waals surface area contributed by atoms with Crippen LogP contribution in [0.4, 0.5) is 0 Å². The summed E-state index contributed by atoms with van der Waals surface area (Å²) < 4.78 is 1.78. The molecule has 1 saturated heterocycles. The van der Waals surface area contributed by atoms with Gasteiger partial charge in [0.25, 0.3) is 0 Å². The highest BCUT2D eigenvalue weighted by atomic mass is 35.5. The molecule has 1 aromatic heterocycles. The van der Waals surface area contributed by atoms with Gasteiger partial charge in [-0.05, 0) is 37.6 Å². The van der Waals surface area contributed by atoms with Gasteiger partial charge in [0.05, 0.1) is 17.9 Å². The maximum absolute atomic E-state index is 5.98. The molecular weight excluding hydrogens is 248 g/mol. The van der Waals surface area contributed by atoms with Gasteiger partial charge in [-0.15, -0.1) is 5.10 Å². The Labute approximate surface area is 111 Å². The van der Waals surface area contributed by atoms with Crippen LogP contribution in [0.3, 0.4) is 0 Å². The van der Waals surface area contributed by atoms with Crippen molar-refractivity contribution in [2.24, 2.45) is 0 Å². The first kappa shape index (κ1) is 11.7. The van der Waals surface area contributed by atoms with E-state index in [9.17, 15) is 0 Å². The van der Waals surface area contributed by atoms with Crippen LogP contribution in [-0.4, -0.2) is 21.5 Å². The van der Waals surface area contributed by atoms with Crippen LogP contribution in [0.25, 0.3) is 5.69 Å². The Hall–Kier alpha value is -1.39. The van der Waals surface area contributed by atoms with Crippen molar-refractivity contribution >= 4 is 11.6 Å². The normalized spacial score (nSPS) is 19.9. The molecule has 4 nitrogen and oxygen atoms in total. The van der Waals surface area contributed by atoms with E-state index in [0.29, 0.717) is 11.1 Å². The average molecular weight is 263 g/mol. The summed E-state index contributed by atoms with van der Waals surface area (Å²) in [4.78, 5) is 0. The molecule has 0 aliphatic carbocycles. The Kier molecular flexibility index (Phi) is 3.30. The highest BCUT2D eigenvalue weighted by Gasteiger charge is 2.17. The zero-order valence-electron chi connectivity index (χ0n) is 10.0. The molecule has 1 fully saturated rings. The smallest absolute Gasteiger partial charge is 0.100 e. The summed E-state index contributed by atoms with van der Waals surface area (Å²) in [6.07, 6.45) is 5.61. The highest BCUT2D eigenvalue weighted by molar-refractivity contribution is 6.30. The van der Waals surface area contributed by atoms with Crippen molar-refractivity contribution in [1.29, 1.82) is 0 Å². The fraction of sp³-hybridized carbons (Fsp3) is 0.385. The van der Waals surface area contributed by atoms with Crippen LogP contribution in [0.15, 0.2) is 30.5 Å². The van der Waals surface area contributed by atoms with Gasteiger partial charge in [0.1, 0.15) is 5.69 Å². The number of nitrogens with zero attached hydrogens (tertiary/aromatic N) is 3. The minimum absolute atomic E-state index is 0.340. The SMILES string of the molecule is Clc1cccc(-n2cc(C3CCCCN3)nn2)c1. The summed E-state index contributed by atoms with van der Waals surface area (Å²) in [5.74, 6) is 0. The molecule has 1 N–H and O–H groups in total. The largest absolute Gasteiger partial charge is 0.309 e. The maximum atomic E-state index is 5.98. The summed E-state index contributed by atoms with van der Waals surface area (Å²) in [5, 5.41) is 12.6. The van der Waals surface area contributed by atoms with Crippen LogP contribution >= 0.6 is 11.6 Å². The van der Waals surface area contributed by atoms with Gasteiger partial charge >= 0.3 is 0 Å². The standard InChI is InChI=1S/C13H15ClN4/c14-10-4-3-5-11(8-10)18-9-13(16-17-18)12-6-1-2-7-15-12/h3-5,8-9,12,15H,1-2,6-7H2. The average Bonchev–Trinajstić information content (AvgIpc) is 2.89. The fourth-order valence-corrected chi connectivity index (χ4v) is 2.47. The summed E-state index contributed by atoms with van der Waals surface area (Å²) in [7, 11) is 0. The molecule has 0 spiro atoms. The first-order valence-corrected chi connectivity index (χ1v) is 6.62. The summed E-state index contributed by atoms with van der Waals surface area (Å²) in [6.45, 7) is 1.06. The molecular formula is C13H15ClN4. The molecule has 1 aliphatic heterocycles. The summed E-state index contributed by atoms with van der Waals surface area (Å²) in [5.41, 5.74) is 1.95. The first-order chi connectivity index (χ1) is 8.83. The molecule has 1 aliphatic rings. The molecule has 1 unspecified atom stereocenters. The predicted octanol–water partition coefficient (Wildman–Crippen LogP) is 2.74. The Morgan fingerprint density at radius 1 is 1.33 bits per heavy atom. The third-order valence-electron chi connectivity index (χ3n) is 3.25. The Balaban J connectivity index is 1.84. The second-order valence-electron chi connectivity index (χ2n) is 4.57. The van der Waals surface area contributed by atoms with Crippen LogP contribution < -0.4 is 5.32 Å². The van der Waals surface area contributed by atoms with Crippen molar-refractivity contribution in [3.63, 3.8) is 0 Å². The van der Waals surface area contributed by atoms with Crippen molar-refractivity contribution < 1.29 is 0 Å². The number of aromatic nitrogens is 3. The van der Waals surface area contributed by atoms with E-state index in [1.807, 2.05) is 30.5 Å². The van der Waals surface area contributed by atoms with E-state index >= 15 is 0 Å². The molecule has 3 rings (SSSR count). The third kappa shape index (κ3) is 2.40. The zero-order valence-corrected chi connectivity index (χ0v) is 10.8. The summed E-state index contributed by atoms with van der Waals surface area (Å²) in [6, 6.07) is 7.96. The topological polar surface area (TPSA) is 42.7 Å². The Morgan fingerprint density at radius 3 is 3.06 bits per heavy atom. The molecule has 0 amide bonds. The monoisotopic (exact) mass is 262 g/mol.